The number of hydrogen-bond donors (Lipinski definition) is 1. The number of benzene rings is 3. The molecule has 0 fully saturated rings. The molecular weight excluding hydrogens is 428 g/mol. The van der Waals surface area contributed by atoms with Crippen LogP contribution in [0.3, 0.4) is 0 Å². The highest BCUT2D eigenvalue weighted by Crippen LogP contribution is 2.31. The van der Waals surface area contributed by atoms with E-state index in [4.69, 9.17) is 21.3 Å². The molecule has 0 radical (unpaired) electrons. The molecule has 158 valence electrons. The van der Waals surface area contributed by atoms with Crippen molar-refractivity contribution in [1.82, 2.24) is 4.98 Å². The first kappa shape index (κ1) is 21.3. The molecule has 0 spiro atoms. The quantitative estimate of drug-likeness (QED) is 0.358. The number of amides is 1. The summed E-state index contributed by atoms with van der Waals surface area (Å²) in [7, 11) is 0. The molecule has 6 heteroatoms. The van der Waals surface area contributed by atoms with Gasteiger partial charge in [-0.05, 0) is 92.9 Å². The number of anilines is 1. The first-order chi connectivity index (χ1) is 14.8. The summed E-state index contributed by atoms with van der Waals surface area (Å²) in [4.78, 5) is 17.3. The van der Waals surface area contributed by atoms with Gasteiger partial charge in [-0.15, -0.1) is 11.3 Å². The van der Waals surface area contributed by atoms with Gasteiger partial charge in [0.15, 0.2) is 6.10 Å². The van der Waals surface area contributed by atoms with E-state index in [9.17, 15) is 4.79 Å². The predicted molar refractivity (Wildman–Crippen MR) is 129 cm³/mol. The number of halogens is 1. The lowest BCUT2D eigenvalue weighted by Gasteiger charge is -2.16. The van der Waals surface area contributed by atoms with E-state index >= 15 is 0 Å². The molecule has 0 aliphatic carbocycles. The molecule has 4 nitrogen and oxygen atoms in total. The lowest BCUT2D eigenvalue weighted by Crippen LogP contribution is -2.30. The van der Waals surface area contributed by atoms with E-state index in [2.05, 4.69) is 24.4 Å². The monoisotopic (exact) mass is 450 g/mol. The number of nitrogens with zero attached hydrogens (tertiary/aromatic N) is 1. The van der Waals surface area contributed by atoms with Gasteiger partial charge in [0.1, 0.15) is 10.8 Å². The van der Waals surface area contributed by atoms with E-state index in [1.807, 2.05) is 56.3 Å². The van der Waals surface area contributed by atoms with Gasteiger partial charge in [0.2, 0.25) is 0 Å². The first-order valence-electron chi connectivity index (χ1n) is 10.0. The summed E-state index contributed by atoms with van der Waals surface area (Å²) in [5.41, 5.74) is 5.80. The summed E-state index contributed by atoms with van der Waals surface area (Å²) in [6, 6.07) is 17.7. The third-order valence-electron chi connectivity index (χ3n) is 5.04. The van der Waals surface area contributed by atoms with Crippen molar-refractivity contribution in [2.24, 2.45) is 0 Å². The van der Waals surface area contributed by atoms with Crippen molar-refractivity contribution in [3.63, 3.8) is 0 Å². The number of carbonyl (C=O) groups is 1. The zero-order valence-electron chi connectivity index (χ0n) is 17.8. The Morgan fingerprint density at radius 3 is 2.39 bits per heavy atom. The van der Waals surface area contributed by atoms with Crippen LogP contribution in [0.25, 0.3) is 20.8 Å². The van der Waals surface area contributed by atoms with E-state index in [-0.39, 0.29) is 5.91 Å². The fourth-order valence-electron chi connectivity index (χ4n) is 3.33. The van der Waals surface area contributed by atoms with Crippen LogP contribution in [0.15, 0.2) is 54.6 Å². The Bertz CT molecular complexity index is 1240. The maximum Gasteiger partial charge on any atom is 0.265 e. The van der Waals surface area contributed by atoms with Crippen LogP contribution in [0, 0.1) is 20.8 Å². The second-order valence-electron chi connectivity index (χ2n) is 7.69. The standard InChI is InChI=1S/C25H23ClN2O2S/c1-14-5-10-21-22(11-14)31-25(28-21)18-6-8-19(9-7-18)27-24(29)17(4)30-20-12-15(2)23(26)16(3)13-20/h5-13,17H,1-4H3,(H,27,29). The molecule has 1 heterocycles. The van der Waals surface area contributed by atoms with Crippen molar-refractivity contribution in [2.75, 3.05) is 5.32 Å². The van der Waals surface area contributed by atoms with Crippen LogP contribution in [0.4, 0.5) is 5.69 Å². The molecule has 4 aromatic rings. The molecule has 1 atom stereocenters. The van der Waals surface area contributed by atoms with E-state index in [0.29, 0.717) is 16.5 Å². The van der Waals surface area contributed by atoms with Crippen molar-refractivity contribution in [2.45, 2.75) is 33.8 Å². The molecule has 0 aliphatic rings. The fourth-order valence-corrected chi connectivity index (χ4v) is 4.51. The molecule has 1 N–H and O–H groups in total. The molecule has 1 unspecified atom stereocenters. The highest BCUT2D eigenvalue weighted by atomic mass is 35.5. The maximum atomic E-state index is 12.6. The molecule has 0 saturated carbocycles. The van der Waals surface area contributed by atoms with Crippen molar-refractivity contribution >= 4 is 44.7 Å². The minimum absolute atomic E-state index is 0.214. The molecule has 1 aromatic heterocycles. The number of aryl methyl sites for hydroxylation is 3. The third-order valence-corrected chi connectivity index (χ3v) is 6.70. The van der Waals surface area contributed by atoms with Gasteiger partial charge >= 0.3 is 0 Å². The van der Waals surface area contributed by atoms with Gasteiger partial charge in [0.05, 0.1) is 10.2 Å². The number of fused-ring (bicyclic) bond motifs is 1. The average molecular weight is 451 g/mol. The van der Waals surface area contributed by atoms with Crippen molar-refractivity contribution in [3.05, 3.63) is 76.3 Å². The minimum atomic E-state index is -0.646. The average Bonchev–Trinajstić information content (AvgIpc) is 3.15. The zero-order chi connectivity index (χ0) is 22.1. The summed E-state index contributed by atoms with van der Waals surface area (Å²) in [6.45, 7) is 7.64. The Morgan fingerprint density at radius 2 is 1.71 bits per heavy atom. The van der Waals surface area contributed by atoms with Gasteiger partial charge in [-0.2, -0.15) is 0 Å². The molecule has 0 aliphatic heterocycles. The molecule has 0 bridgehead atoms. The topological polar surface area (TPSA) is 51.2 Å². The molecule has 1 amide bonds. The van der Waals surface area contributed by atoms with Crippen molar-refractivity contribution < 1.29 is 9.53 Å². The largest absolute Gasteiger partial charge is 0.481 e. The van der Waals surface area contributed by atoms with Crippen molar-refractivity contribution in [3.8, 4) is 16.3 Å². The third kappa shape index (κ3) is 4.73. The summed E-state index contributed by atoms with van der Waals surface area (Å²) in [6.07, 6.45) is -0.646. The van der Waals surface area contributed by atoms with E-state index < -0.39 is 6.10 Å². The summed E-state index contributed by atoms with van der Waals surface area (Å²) in [5.74, 6) is 0.414. The number of aromatic nitrogens is 1. The Morgan fingerprint density at radius 1 is 1.03 bits per heavy atom. The van der Waals surface area contributed by atoms with Crippen LogP contribution in [0.2, 0.25) is 5.02 Å². The number of nitrogens with one attached hydrogen (secondary N) is 1. The van der Waals surface area contributed by atoms with Gasteiger partial charge in [0, 0.05) is 16.3 Å². The molecular formula is C25H23ClN2O2S. The van der Waals surface area contributed by atoms with Crippen LogP contribution in [0.1, 0.15) is 23.6 Å². The lowest BCUT2D eigenvalue weighted by atomic mass is 10.1. The summed E-state index contributed by atoms with van der Waals surface area (Å²) < 4.78 is 6.99. The van der Waals surface area contributed by atoms with Crippen molar-refractivity contribution in [1.29, 1.82) is 0 Å². The summed E-state index contributed by atoms with van der Waals surface area (Å²) >= 11 is 7.87. The van der Waals surface area contributed by atoms with Crippen LogP contribution >= 0.6 is 22.9 Å². The van der Waals surface area contributed by atoms with Gasteiger partial charge in [-0.25, -0.2) is 4.98 Å². The Kier molecular flexibility index (Phi) is 5.99. The van der Waals surface area contributed by atoms with E-state index in [1.165, 1.54) is 10.3 Å². The smallest absolute Gasteiger partial charge is 0.265 e. The molecule has 4 rings (SSSR count). The number of hydrogen-bond acceptors (Lipinski definition) is 4. The summed E-state index contributed by atoms with van der Waals surface area (Å²) in [5, 5.41) is 4.59. The predicted octanol–water partition coefficient (Wildman–Crippen LogP) is 6.95. The van der Waals surface area contributed by atoms with Gasteiger partial charge in [-0.3, -0.25) is 4.79 Å². The number of thiazole rings is 1. The molecule has 3 aromatic carbocycles. The normalized spacial score (nSPS) is 12.0. The van der Waals surface area contributed by atoms with E-state index in [0.717, 1.165) is 27.2 Å². The van der Waals surface area contributed by atoms with Crippen LogP contribution in [0.5, 0.6) is 5.75 Å². The van der Waals surface area contributed by atoms with Gasteiger partial charge in [0.25, 0.3) is 5.91 Å². The second kappa shape index (κ2) is 8.69. The van der Waals surface area contributed by atoms with E-state index in [1.54, 1.807) is 18.3 Å². The molecule has 31 heavy (non-hydrogen) atoms. The highest BCUT2D eigenvalue weighted by molar-refractivity contribution is 7.21. The lowest BCUT2D eigenvalue weighted by molar-refractivity contribution is -0.122. The number of ether oxygens (including phenoxy) is 1. The first-order valence-corrected chi connectivity index (χ1v) is 11.2. The van der Waals surface area contributed by atoms with Gasteiger partial charge < -0.3 is 10.1 Å². The van der Waals surface area contributed by atoms with Crippen LogP contribution < -0.4 is 10.1 Å². The second-order valence-corrected chi connectivity index (χ2v) is 9.10. The minimum Gasteiger partial charge on any atom is -0.481 e. The maximum absolute atomic E-state index is 12.6. The fraction of sp³-hybridized carbons (Fsp3) is 0.200. The Labute approximate surface area is 190 Å². The van der Waals surface area contributed by atoms with Gasteiger partial charge in [-0.1, -0.05) is 17.7 Å². The zero-order valence-corrected chi connectivity index (χ0v) is 19.4. The van der Waals surface area contributed by atoms with Crippen LogP contribution in [-0.2, 0) is 4.79 Å². The highest BCUT2D eigenvalue weighted by Gasteiger charge is 2.16. The Balaban J connectivity index is 1.43. The SMILES string of the molecule is Cc1ccc2nc(-c3ccc(NC(=O)C(C)Oc4cc(C)c(Cl)c(C)c4)cc3)sc2c1. The molecule has 0 saturated heterocycles. The number of rotatable bonds is 5. The number of carbonyl (C=O) groups excluding carboxylic acids is 1. The van der Waals surface area contributed by atoms with Crippen LogP contribution in [-0.4, -0.2) is 17.0 Å². The Hall–Kier alpha value is -2.89.